The van der Waals surface area contributed by atoms with Gasteiger partial charge in [-0.05, 0) is 37.8 Å². The number of esters is 1. The first-order valence-electron chi connectivity index (χ1n) is 8.27. The van der Waals surface area contributed by atoms with E-state index in [1.807, 2.05) is 0 Å². The SMILES string of the molecule is COc1ccc(C(=O)O[C@H](C)C(=O)N[C@@H]2CCCC[C@H]2C)c(F)c1. The van der Waals surface area contributed by atoms with Crippen LogP contribution < -0.4 is 10.1 Å². The van der Waals surface area contributed by atoms with Crippen molar-refractivity contribution in [3.8, 4) is 5.75 Å². The van der Waals surface area contributed by atoms with E-state index >= 15 is 0 Å². The molecule has 1 aliphatic carbocycles. The topological polar surface area (TPSA) is 64.6 Å². The molecule has 0 unspecified atom stereocenters. The molecule has 1 N–H and O–H groups in total. The third kappa shape index (κ3) is 4.46. The number of nitrogens with one attached hydrogen (secondary N) is 1. The van der Waals surface area contributed by atoms with Crippen molar-refractivity contribution in [1.29, 1.82) is 0 Å². The molecule has 0 heterocycles. The van der Waals surface area contributed by atoms with Gasteiger partial charge in [-0.3, -0.25) is 4.79 Å². The first kappa shape index (κ1) is 18.2. The monoisotopic (exact) mass is 337 g/mol. The maximum absolute atomic E-state index is 13.9. The number of hydrogen-bond acceptors (Lipinski definition) is 4. The van der Waals surface area contributed by atoms with Gasteiger partial charge >= 0.3 is 5.97 Å². The van der Waals surface area contributed by atoms with Gasteiger partial charge < -0.3 is 14.8 Å². The van der Waals surface area contributed by atoms with Gasteiger partial charge in [-0.1, -0.05) is 19.8 Å². The number of carbonyl (C=O) groups is 2. The van der Waals surface area contributed by atoms with Crippen molar-refractivity contribution in [2.45, 2.75) is 51.7 Å². The highest BCUT2D eigenvalue weighted by Crippen LogP contribution is 2.24. The lowest BCUT2D eigenvalue weighted by atomic mass is 9.86. The van der Waals surface area contributed by atoms with Crippen molar-refractivity contribution in [3.05, 3.63) is 29.6 Å². The van der Waals surface area contributed by atoms with Gasteiger partial charge in [-0.15, -0.1) is 0 Å². The van der Waals surface area contributed by atoms with Gasteiger partial charge in [0.2, 0.25) is 0 Å². The Hall–Kier alpha value is -2.11. The largest absolute Gasteiger partial charge is 0.497 e. The summed E-state index contributed by atoms with van der Waals surface area (Å²) in [4.78, 5) is 24.3. The van der Waals surface area contributed by atoms with Crippen molar-refractivity contribution in [1.82, 2.24) is 5.32 Å². The Morgan fingerprint density at radius 3 is 2.62 bits per heavy atom. The van der Waals surface area contributed by atoms with Gasteiger partial charge in [0, 0.05) is 12.1 Å². The van der Waals surface area contributed by atoms with Crippen molar-refractivity contribution >= 4 is 11.9 Å². The molecule has 6 heteroatoms. The van der Waals surface area contributed by atoms with Gasteiger partial charge in [0.05, 0.1) is 12.7 Å². The Morgan fingerprint density at radius 2 is 2.00 bits per heavy atom. The first-order valence-corrected chi connectivity index (χ1v) is 8.27. The van der Waals surface area contributed by atoms with Crippen LogP contribution in [0.15, 0.2) is 18.2 Å². The summed E-state index contributed by atoms with van der Waals surface area (Å²) in [6.07, 6.45) is 3.29. The molecule has 1 aromatic carbocycles. The van der Waals surface area contributed by atoms with Gasteiger partial charge in [0.1, 0.15) is 11.6 Å². The van der Waals surface area contributed by atoms with E-state index in [1.165, 1.54) is 32.6 Å². The Morgan fingerprint density at radius 1 is 1.29 bits per heavy atom. The van der Waals surface area contributed by atoms with Crippen LogP contribution in [0, 0.1) is 11.7 Å². The Labute approximate surface area is 141 Å². The van der Waals surface area contributed by atoms with E-state index in [-0.39, 0.29) is 17.5 Å². The smallest absolute Gasteiger partial charge is 0.341 e. The van der Waals surface area contributed by atoms with Crippen LogP contribution in [-0.4, -0.2) is 31.1 Å². The minimum Gasteiger partial charge on any atom is -0.497 e. The first-order chi connectivity index (χ1) is 11.4. The van der Waals surface area contributed by atoms with E-state index in [9.17, 15) is 14.0 Å². The third-order valence-electron chi connectivity index (χ3n) is 4.49. The van der Waals surface area contributed by atoms with Crippen molar-refractivity contribution < 1.29 is 23.5 Å². The maximum atomic E-state index is 13.9. The zero-order valence-corrected chi connectivity index (χ0v) is 14.3. The Bertz CT molecular complexity index is 605. The molecule has 0 saturated heterocycles. The van der Waals surface area contributed by atoms with E-state index in [0.717, 1.165) is 25.3 Å². The normalized spacial score (nSPS) is 21.7. The lowest BCUT2D eigenvalue weighted by molar-refractivity contribution is -0.130. The number of amides is 1. The third-order valence-corrected chi connectivity index (χ3v) is 4.49. The number of hydrogen-bond donors (Lipinski definition) is 1. The molecule has 1 fully saturated rings. The fraction of sp³-hybridized carbons (Fsp3) is 0.556. The summed E-state index contributed by atoms with van der Waals surface area (Å²) in [6, 6.07) is 3.95. The second kappa shape index (κ2) is 8.13. The summed E-state index contributed by atoms with van der Waals surface area (Å²) in [5.74, 6) is -1.25. The molecule has 0 spiro atoms. The number of methoxy groups -OCH3 is 1. The van der Waals surface area contributed by atoms with Crippen LogP contribution in [0.4, 0.5) is 4.39 Å². The van der Waals surface area contributed by atoms with Crippen LogP contribution in [0.1, 0.15) is 49.9 Å². The fourth-order valence-electron chi connectivity index (χ4n) is 2.90. The molecule has 1 aliphatic rings. The molecule has 132 valence electrons. The molecule has 3 atom stereocenters. The van der Waals surface area contributed by atoms with Crippen LogP contribution in [0.5, 0.6) is 5.75 Å². The van der Waals surface area contributed by atoms with Crippen molar-refractivity contribution in [2.75, 3.05) is 7.11 Å². The summed E-state index contributed by atoms with van der Waals surface area (Å²) in [7, 11) is 1.41. The molecule has 1 saturated carbocycles. The molecule has 0 bridgehead atoms. The predicted molar refractivity (Wildman–Crippen MR) is 87.4 cm³/mol. The van der Waals surface area contributed by atoms with E-state index in [4.69, 9.17) is 9.47 Å². The number of rotatable bonds is 5. The minimum atomic E-state index is -0.979. The minimum absolute atomic E-state index is 0.102. The predicted octanol–water partition coefficient (Wildman–Crippen LogP) is 3.07. The summed E-state index contributed by atoms with van der Waals surface area (Å²) >= 11 is 0. The van der Waals surface area contributed by atoms with Crippen molar-refractivity contribution in [2.24, 2.45) is 5.92 Å². The van der Waals surface area contributed by atoms with E-state index < -0.39 is 17.9 Å². The lowest BCUT2D eigenvalue weighted by Gasteiger charge is -2.30. The molecule has 5 nitrogen and oxygen atoms in total. The average molecular weight is 337 g/mol. The zero-order chi connectivity index (χ0) is 17.7. The molecule has 0 radical (unpaired) electrons. The van der Waals surface area contributed by atoms with Crippen LogP contribution in [0.25, 0.3) is 0 Å². The second-order valence-electron chi connectivity index (χ2n) is 6.27. The van der Waals surface area contributed by atoms with Gasteiger partial charge in [0.15, 0.2) is 6.10 Å². The highest BCUT2D eigenvalue weighted by Gasteiger charge is 2.27. The second-order valence-corrected chi connectivity index (χ2v) is 6.27. The molecule has 0 aromatic heterocycles. The standard InChI is InChI=1S/C18H24FNO4/c1-11-6-4-5-7-16(11)20-17(21)12(2)24-18(22)14-9-8-13(23-3)10-15(14)19/h8-12,16H,4-7H2,1-3H3,(H,20,21)/t11-,12-,16-/m1/s1. The summed E-state index contributed by atoms with van der Waals surface area (Å²) in [6.45, 7) is 3.59. The molecular weight excluding hydrogens is 313 g/mol. The Kier molecular flexibility index (Phi) is 6.17. The highest BCUT2D eigenvalue weighted by molar-refractivity contribution is 5.92. The van der Waals surface area contributed by atoms with Gasteiger partial charge in [-0.2, -0.15) is 0 Å². The zero-order valence-electron chi connectivity index (χ0n) is 14.3. The van der Waals surface area contributed by atoms with E-state index in [1.54, 1.807) is 0 Å². The molecular formula is C18H24FNO4. The van der Waals surface area contributed by atoms with Gasteiger partial charge in [0.25, 0.3) is 5.91 Å². The summed E-state index contributed by atoms with van der Waals surface area (Å²) in [5.41, 5.74) is -0.221. The van der Waals surface area contributed by atoms with Crippen LogP contribution in [0.3, 0.4) is 0 Å². The molecule has 2 rings (SSSR count). The van der Waals surface area contributed by atoms with E-state index in [2.05, 4.69) is 12.2 Å². The Balaban J connectivity index is 1.94. The number of benzene rings is 1. The number of ether oxygens (including phenoxy) is 2. The highest BCUT2D eigenvalue weighted by atomic mass is 19.1. The van der Waals surface area contributed by atoms with Crippen molar-refractivity contribution in [3.63, 3.8) is 0 Å². The van der Waals surface area contributed by atoms with E-state index in [0.29, 0.717) is 11.7 Å². The maximum Gasteiger partial charge on any atom is 0.341 e. The molecule has 1 aromatic rings. The average Bonchev–Trinajstić information content (AvgIpc) is 2.56. The van der Waals surface area contributed by atoms with Gasteiger partial charge in [-0.25, -0.2) is 9.18 Å². The molecule has 0 aliphatic heterocycles. The molecule has 24 heavy (non-hydrogen) atoms. The van der Waals surface area contributed by atoms with Crippen LogP contribution in [-0.2, 0) is 9.53 Å². The van der Waals surface area contributed by atoms with Crippen LogP contribution in [0.2, 0.25) is 0 Å². The van der Waals surface area contributed by atoms with Crippen LogP contribution >= 0.6 is 0 Å². The summed E-state index contributed by atoms with van der Waals surface area (Å²) in [5, 5.41) is 2.93. The fourth-order valence-corrected chi connectivity index (χ4v) is 2.90. The lowest BCUT2D eigenvalue weighted by Crippen LogP contribution is -2.46. The summed E-state index contributed by atoms with van der Waals surface area (Å²) < 4.78 is 23.9. The number of halogens is 1. The quantitative estimate of drug-likeness (QED) is 0.839. The molecule has 1 amide bonds. The number of carbonyl (C=O) groups excluding carboxylic acids is 2.